The van der Waals surface area contributed by atoms with Crippen molar-refractivity contribution in [3.05, 3.63) is 28.2 Å². The second-order valence-corrected chi connectivity index (χ2v) is 4.75. The Bertz CT molecular complexity index is 314. The molecular weight excluding hydrogens is 254 g/mol. The van der Waals surface area contributed by atoms with Gasteiger partial charge in [-0.2, -0.15) is 0 Å². The number of aliphatic hydroxyl groups excluding tert-OH is 1. The first-order valence-corrected chi connectivity index (χ1v) is 6.06. The minimum absolute atomic E-state index is 0.265. The maximum atomic E-state index is 8.74. The summed E-state index contributed by atoms with van der Waals surface area (Å²) in [6, 6.07) is 6.65. The van der Waals surface area contributed by atoms with Gasteiger partial charge < -0.3 is 10.4 Å². The van der Waals surface area contributed by atoms with Crippen molar-refractivity contribution >= 4 is 21.6 Å². The average Bonchev–Trinajstić information content (AvgIpc) is 2.19. The molecule has 1 unspecified atom stereocenters. The van der Waals surface area contributed by atoms with Crippen LogP contribution in [0.2, 0.25) is 0 Å². The minimum Gasteiger partial charge on any atom is -0.396 e. The van der Waals surface area contributed by atoms with E-state index in [1.807, 2.05) is 0 Å². The Hall–Kier alpha value is -0.540. The Morgan fingerprint density at radius 1 is 1.47 bits per heavy atom. The summed E-state index contributed by atoms with van der Waals surface area (Å²) in [6.07, 6.45) is 1.83. The second-order valence-electron chi connectivity index (χ2n) is 3.89. The first kappa shape index (κ1) is 12.5. The standard InChI is InChI=1S/C12H18BrNO/c1-9-5-6-12(11(13)8-9)14-10(2)4-3-7-15/h5-6,8,10,14-15H,3-4,7H2,1-2H3. The first-order valence-electron chi connectivity index (χ1n) is 5.27. The summed E-state index contributed by atoms with van der Waals surface area (Å²) in [7, 11) is 0. The van der Waals surface area contributed by atoms with Crippen LogP contribution in [0.1, 0.15) is 25.3 Å². The summed E-state index contributed by atoms with van der Waals surface area (Å²) in [5.41, 5.74) is 2.36. The summed E-state index contributed by atoms with van der Waals surface area (Å²) in [6.45, 7) is 4.47. The van der Waals surface area contributed by atoms with Crippen LogP contribution in [0.3, 0.4) is 0 Å². The Kier molecular flexibility index (Phi) is 5.12. The van der Waals surface area contributed by atoms with Gasteiger partial charge in [0.1, 0.15) is 0 Å². The van der Waals surface area contributed by atoms with E-state index < -0.39 is 0 Å². The van der Waals surface area contributed by atoms with Gasteiger partial charge in [0.05, 0.1) is 0 Å². The van der Waals surface area contributed by atoms with Crippen molar-refractivity contribution < 1.29 is 5.11 Å². The number of hydrogen-bond acceptors (Lipinski definition) is 2. The Morgan fingerprint density at radius 2 is 2.20 bits per heavy atom. The molecule has 1 aromatic rings. The lowest BCUT2D eigenvalue weighted by Crippen LogP contribution is -2.15. The molecule has 0 aliphatic carbocycles. The lowest BCUT2D eigenvalue weighted by atomic mass is 10.1. The van der Waals surface area contributed by atoms with Gasteiger partial charge in [-0.3, -0.25) is 0 Å². The normalized spacial score (nSPS) is 12.5. The van der Waals surface area contributed by atoms with Crippen LogP contribution in [0.5, 0.6) is 0 Å². The number of aliphatic hydroxyl groups is 1. The number of rotatable bonds is 5. The first-order chi connectivity index (χ1) is 7.13. The Labute approximate surface area is 99.8 Å². The van der Waals surface area contributed by atoms with Crippen LogP contribution in [-0.4, -0.2) is 17.8 Å². The molecule has 0 radical (unpaired) electrons. The van der Waals surface area contributed by atoms with E-state index in [9.17, 15) is 0 Å². The van der Waals surface area contributed by atoms with Gasteiger partial charge >= 0.3 is 0 Å². The second kappa shape index (κ2) is 6.13. The van der Waals surface area contributed by atoms with Crippen molar-refractivity contribution in [2.75, 3.05) is 11.9 Å². The van der Waals surface area contributed by atoms with Gasteiger partial charge in [-0.05, 0) is 60.3 Å². The van der Waals surface area contributed by atoms with E-state index in [0.29, 0.717) is 6.04 Å². The van der Waals surface area contributed by atoms with Crippen LogP contribution in [0.15, 0.2) is 22.7 Å². The Balaban J connectivity index is 2.56. The third-order valence-electron chi connectivity index (χ3n) is 2.32. The molecule has 0 bridgehead atoms. The van der Waals surface area contributed by atoms with Gasteiger partial charge in [0.2, 0.25) is 0 Å². The average molecular weight is 272 g/mol. The molecule has 2 nitrogen and oxygen atoms in total. The van der Waals surface area contributed by atoms with Crippen LogP contribution < -0.4 is 5.32 Å². The third-order valence-corrected chi connectivity index (χ3v) is 2.98. The predicted molar refractivity (Wildman–Crippen MR) is 68.3 cm³/mol. The molecule has 0 fully saturated rings. The van der Waals surface area contributed by atoms with Gasteiger partial charge in [0.25, 0.3) is 0 Å². The van der Waals surface area contributed by atoms with Crippen molar-refractivity contribution in [1.82, 2.24) is 0 Å². The number of hydrogen-bond donors (Lipinski definition) is 2. The van der Waals surface area contributed by atoms with E-state index >= 15 is 0 Å². The maximum Gasteiger partial charge on any atom is 0.0486 e. The van der Waals surface area contributed by atoms with E-state index in [4.69, 9.17) is 5.11 Å². The number of nitrogens with one attached hydrogen (secondary N) is 1. The monoisotopic (exact) mass is 271 g/mol. The van der Waals surface area contributed by atoms with Gasteiger partial charge in [-0.25, -0.2) is 0 Å². The summed E-state index contributed by atoms with van der Waals surface area (Å²) in [5, 5.41) is 12.1. The fourth-order valence-corrected chi connectivity index (χ4v) is 2.08. The highest BCUT2D eigenvalue weighted by Gasteiger charge is 2.04. The summed E-state index contributed by atoms with van der Waals surface area (Å²) >= 11 is 3.53. The van der Waals surface area contributed by atoms with E-state index in [1.54, 1.807) is 0 Å². The molecule has 15 heavy (non-hydrogen) atoms. The van der Waals surface area contributed by atoms with Crippen molar-refractivity contribution in [2.45, 2.75) is 32.7 Å². The van der Waals surface area contributed by atoms with Gasteiger partial charge in [0, 0.05) is 22.8 Å². The van der Waals surface area contributed by atoms with E-state index in [-0.39, 0.29) is 6.61 Å². The van der Waals surface area contributed by atoms with Gasteiger partial charge in [-0.15, -0.1) is 0 Å². The van der Waals surface area contributed by atoms with E-state index in [0.717, 1.165) is 23.0 Å². The molecule has 0 spiro atoms. The number of aryl methyl sites for hydroxylation is 1. The fraction of sp³-hybridized carbons (Fsp3) is 0.500. The van der Waals surface area contributed by atoms with Crippen LogP contribution in [0.4, 0.5) is 5.69 Å². The lowest BCUT2D eigenvalue weighted by molar-refractivity contribution is 0.282. The number of benzene rings is 1. The fourth-order valence-electron chi connectivity index (χ4n) is 1.47. The molecule has 2 N–H and O–H groups in total. The minimum atomic E-state index is 0.265. The molecule has 0 amide bonds. The maximum absolute atomic E-state index is 8.74. The van der Waals surface area contributed by atoms with Gasteiger partial charge in [-0.1, -0.05) is 6.07 Å². The third kappa shape index (κ3) is 4.22. The molecule has 0 saturated carbocycles. The molecular formula is C12H18BrNO. The highest BCUT2D eigenvalue weighted by molar-refractivity contribution is 9.10. The number of halogens is 1. The molecule has 0 aromatic heterocycles. The zero-order chi connectivity index (χ0) is 11.3. The Morgan fingerprint density at radius 3 is 2.80 bits per heavy atom. The van der Waals surface area contributed by atoms with Crippen molar-refractivity contribution in [3.8, 4) is 0 Å². The van der Waals surface area contributed by atoms with Crippen LogP contribution in [0.25, 0.3) is 0 Å². The molecule has 0 heterocycles. The predicted octanol–water partition coefficient (Wildman–Crippen LogP) is 3.33. The zero-order valence-electron chi connectivity index (χ0n) is 9.26. The summed E-state index contributed by atoms with van der Waals surface area (Å²) < 4.78 is 1.10. The summed E-state index contributed by atoms with van der Waals surface area (Å²) in [5.74, 6) is 0. The van der Waals surface area contributed by atoms with Crippen molar-refractivity contribution in [2.24, 2.45) is 0 Å². The van der Waals surface area contributed by atoms with E-state index in [2.05, 4.69) is 53.3 Å². The number of anilines is 1. The molecule has 1 aromatic carbocycles. The zero-order valence-corrected chi connectivity index (χ0v) is 10.8. The largest absolute Gasteiger partial charge is 0.396 e. The molecule has 84 valence electrons. The smallest absolute Gasteiger partial charge is 0.0486 e. The van der Waals surface area contributed by atoms with Crippen LogP contribution in [-0.2, 0) is 0 Å². The highest BCUT2D eigenvalue weighted by Crippen LogP contribution is 2.24. The van der Waals surface area contributed by atoms with Crippen LogP contribution >= 0.6 is 15.9 Å². The van der Waals surface area contributed by atoms with Crippen molar-refractivity contribution in [3.63, 3.8) is 0 Å². The highest BCUT2D eigenvalue weighted by atomic mass is 79.9. The van der Waals surface area contributed by atoms with Gasteiger partial charge in [0.15, 0.2) is 0 Å². The molecule has 3 heteroatoms. The quantitative estimate of drug-likeness (QED) is 0.861. The van der Waals surface area contributed by atoms with Crippen LogP contribution in [0, 0.1) is 6.92 Å². The molecule has 1 rings (SSSR count). The SMILES string of the molecule is Cc1ccc(NC(C)CCCO)c(Br)c1. The van der Waals surface area contributed by atoms with Crippen molar-refractivity contribution in [1.29, 1.82) is 0 Å². The molecule has 0 saturated heterocycles. The summed E-state index contributed by atoms with van der Waals surface area (Å²) in [4.78, 5) is 0. The lowest BCUT2D eigenvalue weighted by Gasteiger charge is -2.16. The van der Waals surface area contributed by atoms with E-state index in [1.165, 1.54) is 5.56 Å². The molecule has 0 aliphatic rings. The molecule has 1 atom stereocenters. The molecule has 0 aliphatic heterocycles. The topological polar surface area (TPSA) is 32.3 Å².